The van der Waals surface area contributed by atoms with Gasteiger partial charge in [0.25, 0.3) is 5.56 Å². The number of allylic oxidation sites excluding steroid dienone is 1. The summed E-state index contributed by atoms with van der Waals surface area (Å²) in [6, 6.07) is 8.42. The maximum absolute atomic E-state index is 13.5. The van der Waals surface area contributed by atoms with Crippen molar-refractivity contribution in [3.8, 4) is 0 Å². The lowest BCUT2D eigenvalue weighted by molar-refractivity contribution is -0.139. The van der Waals surface area contributed by atoms with Crippen molar-refractivity contribution >= 4 is 23.4 Å². The average Bonchev–Trinajstić information content (AvgIpc) is 3.30. The molecule has 3 aromatic rings. The average molecular weight is 412 g/mol. The van der Waals surface area contributed by atoms with Gasteiger partial charge in [-0.15, -0.1) is 0 Å². The minimum atomic E-state index is -0.760. The molecule has 0 spiro atoms. The predicted molar refractivity (Wildman–Crippen MR) is 106 cm³/mol. The van der Waals surface area contributed by atoms with Crippen molar-refractivity contribution < 1.29 is 18.3 Å². The molecule has 1 aromatic carbocycles. The van der Waals surface area contributed by atoms with Crippen molar-refractivity contribution in [3.05, 3.63) is 90.8 Å². The lowest BCUT2D eigenvalue weighted by atomic mass is 9.96. The van der Waals surface area contributed by atoms with Crippen molar-refractivity contribution in [3.63, 3.8) is 0 Å². The lowest BCUT2D eigenvalue weighted by Crippen LogP contribution is -2.39. The summed E-state index contributed by atoms with van der Waals surface area (Å²) in [4.78, 5) is 30.8. The summed E-state index contributed by atoms with van der Waals surface area (Å²) in [6.45, 7) is 3.60. The molecule has 8 heteroatoms. The Morgan fingerprint density at radius 2 is 2.10 bits per heavy atom. The van der Waals surface area contributed by atoms with E-state index in [1.165, 1.54) is 34.3 Å². The molecule has 0 amide bonds. The second-order valence-corrected chi connectivity index (χ2v) is 7.38. The van der Waals surface area contributed by atoms with Gasteiger partial charge >= 0.3 is 5.97 Å². The number of carbonyl (C=O) groups excluding carboxylic acids is 1. The Morgan fingerprint density at radius 3 is 2.76 bits per heavy atom. The predicted octanol–water partition coefficient (Wildman–Crippen LogP) is 2.53. The van der Waals surface area contributed by atoms with Crippen LogP contribution in [0, 0.1) is 5.82 Å². The van der Waals surface area contributed by atoms with Crippen molar-refractivity contribution in [1.29, 1.82) is 0 Å². The molecule has 0 N–H and O–H groups in total. The molecule has 0 aliphatic carbocycles. The number of rotatable bonds is 4. The standard InChI is InChI=1S/C21H17FN2O4S/c1-3-27-20(26)17-12(2)23-21-24(18(17)13-6-8-14(22)9-7-13)19(25)16(29-21)11-15-5-4-10-28-15/h4-11,18H,3H2,1-2H3/t18-/m1/s1. The van der Waals surface area contributed by atoms with Crippen molar-refractivity contribution in [2.24, 2.45) is 4.99 Å². The van der Waals surface area contributed by atoms with Crippen LogP contribution < -0.4 is 14.9 Å². The van der Waals surface area contributed by atoms with Gasteiger partial charge in [0.15, 0.2) is 4.80 Å². The quantitative estimate of drug-likeness (QED) is 0.618. The Bertz CT molecular complexity index is 1270. The molecular formula is C21H17FN2O4S. The highest BCUT2D eigenvalue weighted by Crippen LogP contribution is 2.30. The number of aromatic nitrogens is 1. The number of hydrogen-bond acceptors (Lipinski definition) is 6. The van der Waals surface area contributed by atoms with E-state index in [0.29, 0.717) is 26.4 Å². The van der Waals surface area contributed by atoms with Crippen LogP contribution >= 0.6 is 11.3 Å². The van der Waals surface area contributed by atoms with Gasteiger partial charge in [-0.2, -0.15) is 0 Å². The van der Waals surface area contributed by atoms with Gasteiger partial charge in [-0.1, -0.05) is 23.5 Å². The van der Waals surface area contributed by atoms with E-state index in [2.05, 4.69) is 4.99 Å². The Kier molecular flexibility index (Phi) is 5.02. The van der Waals surface area contributed by atoms with Crippen LogP contribution in [-0.4, -0.2) is 17.1 Å². The fourth-order valence-corrected chi connectivity index (χ4v) is 4.28. The highest BCUT2D eigenvalue weighted by Gasteiger charge is 2.33. The molecule has 0 bridgehead atoms. The Labute approximate surface area is 168 Å². The molecule has 2 aromatic heterocycles. The van der Waals surface area contributed by atoms with Crippen molar-refractivity contribution in [1.82, 2.24) is 4.57 Å². The molecule has 1 aliphatic heterocycles. The topological polar surface area (TPSA) is 73.8 Å². The van der Waals surface area contributed by atoms with Crippen LogP contribution in [0.25, 0.3) is 6.08 Å². The van der Waals surface area contributed by atoms with E-state index in [0.717, 1.165) is 0 Å². The number of fused-ring (bicyclic) bond motifs is 1. The Hall–Kier alpha value is -3.26. The number of thiazole rings is 1. The minimum absolute atomic E-state index is 0.189. The first-order valence-electron chi connectivity index (χ1n) is 8.98. The molecule has 148 valence electrons. The van der Waals surface area contributed by atoms with Crippen LogP contribution in [-0.2, 0) is 9.53 Å². The van der Waals surface area contributed by atoms with Crippen LogP contribution in [0.15, 0.2) is 68.1 Å². The van der Waals surface area contributed by atoms with Crippen LogP contribution in [0.2, 0.25) is 0 Å². The number of furan rings is 1. The smallest absolute Gasteiger partial charge is 0.338 e. The van der Waals surface area contributed by atoms with E-state index in [-0.39, 0.29) is 17.7 Å². The van der Waals surface area contributed by atoms with Gasteiger partial charge in [0.05, 0.1) is 34.7 Å². The number of nitrogens with zero attached hydrogens (tertiary/aromatic N) is 2. The summed E-state index contributed by atoms with van der Waals surface area (Å²) in [6.07, 6.45) is 3.15. The van der Waals surface area contributed by atoms with Crippen LogP contribution in [0.3, 0.4) is 0 Å². The third kappa shape index (κ3) is 3.47. The number of hydrogen-bond donors (Lipinski definition) is 0. The lowest BCUT2D eigenvalue weighted by Gasteiger charge is -2.24. The zero-order valence-electron chi connectivity index (χ0n) is 15.7. The second kappa shape index (κ2) is 7.63. The van der Waals surface area contributed by atoms with Crippen molar-refractivity contribution in [2.75, 3.05) is 6.61 Å². The molecule has 3 heterocycles. The molecule has 4 rings (SSSR count). The Balaban J connectivity index is 1.97. The Morgan fingerprint density at radius 1 is 1.34 bits per heavy atom. The molecule has 1 aliphatic rings. The second-order valence-electron chi connectivity index (χ2n) is 6.37. The summed E-state index contributed by atoms with van der Waals surface area (Å²) in [5.41, 5.74) is 1.00. The van der Waals surface area contributed by atoms with Gasteiger partial charge < -0.3 is 9.15 Å². The number of benzene rings is 1. The normalized spacial score (nSPS) is 16.5. The molecular weight excluding hydrogens is 395 g/mol. The summed E-state index contributed by atoms with van der Waals surface area (Å²) < 4.78 is 25.9. The van der Waals surface area contributed by atoms with Crippen LogP contribution in [0.5, 0.6) is 0 Å². The molecule has 0 unspecified atom stereocenters. The summed E-state index contributed by atoms with van der Waals surface area (Å²) >= 11 is 1.20. The molecule has 0 saturated heterocycles. The van der Waals surface area contributed by atoms with Gasteiger partial charge in [0.2, 0.25) is 0 Å². The SMILES string of the molecule is CCOC(=O)C1=C(C)N=c2sc(=Cc3ccco3)c(=O)n2[C@@H]1c1ccc(F)cc1. The molecule has 0 radical (unpaired) electrons. The number of ether oxygens (including phenoxy) is 1. The van der Waals surface area contributed by atoms with E-state index >= 15 is 0 Å². The maximum Gasteiger partial charge on any atom is 0.338 e. The van der Waals surface area contributed by atoms with Gasteiger partial charge in [0.1, 0.15) is 11.6 Å². The third-order valence-electron chi connectivity index (χ3n) is 4.52. The monoisotopic (exact) mass is 412 g/mol. The summed E-state index contributed by atoms with van der Waals surface area (Å²) in [5.74, 6) is -0.421. The van der Waals surface area contributed by atoms with Crippen LogP contribution in [0.4, 0.5) is 4.39 Å². The zero-order valence-corrected chi connectivity index (χ0v) is 16.5. The largest absolute Gasteiger partial charge is 0.465 e. The highest BCUT2D eigenvalue weighted by atomic mass is 32.1. The zero-order chi connectivity index (χ0) is 20.5. The van der Waals surface area contributed by atoms with Gasteiger partial charge in [-0.3, -0.25) is 9.36 Å². The van der Waals surface area contributed by atoms with Crippen LogP contribution in [0.1, 0.15) is 31.2 Å². The van der Waals surface area contributed by atoms with E-state index in [4.69, 9.17) is 9.15 Å². The van der Waals surface area contributed by atoms with Crippen molar-refractivity contribution in [2.45, 2.75) is 19.9 Å². The van der Waals surface area contributed by atoms with E-state index < -0.39 is 17.8 Å². The maximum atomic E-state index is 13.5. The van der Waals surface area contributed by atoms with E-state index in [1.807, 2.05) is 0 Å². The van der Waals surface area contributed by atoms with E-state index in [1.54, 1.807) is 44.2 Å². The number of esters is 1. The molecule has 29 heavy (non-hydrogen) atoms. The number of carbonyl (C=O) groups is 1. The number of halogens is 1. The van der Waals surface area contributed by atoms with E-state index in [9.17, 15) is 14.0 Å². The van der Waals surface area contributed by atoms with Gasteiger partial charge in [-0.25, -0.2) is 14.2 Å². The summed E-state index contributed by atoms with van der Waals surface area (Å²) in [7, 11) is 0. The first kappa shape index (κ1) is 19.1. The fourth-order valence-electron chi connectivity index (χ4n) is 3.25. The molecule has 0 fully saturated rings. The van der Waals surface area contributed by atoms with Gasteiger partial charge in [0, 0.05) is 6.08 Å². The third-order valence-corrected chi connectivity index (χ3v) is 5.50. The highest BCUT2D eigenvalue weighted by molar-refractivity contribution is 7.07. The molecule has 0 saturated carbocycles. The first-order valence-corrected chi connectivity index (χ1v) is 9.80. The molecule has 6 nitrogen and oxygen atoms in total. The fraction of sp³-hybridized carbons (Fsp3) is 0.190. The summed E-state index contributed by atoms with van der Waals surface area (Å²) in [5, 5.41) is 0. The first-order chi connectivity index (χ1) is 14.0. The molecule has 1 atom stereocenters. The van der Waals surface area contributed by atoms with Gasteiger partial charge in [-0.05, 0) is 43.7 Å². The minimum Gasteiger partial charge on any atom is -0.465 e.